The molecule has 4 aromatic carbocycles. The van der Waals surface area contributed by atoms with Crippen molar-refractivity contribution in [3.05, 3.63) is 119 Å². The van der Waals surface area contributed by atoms with Crippen LogP contribution in [-0.2, 0) is 56.2 Å². The Morgan fingerprint density at radius 3 is 1.23 bits per heavy atom. The van der Waals surface area contributed by atoms with Crippen molar-refractivity contribution in [3.63, 3.8) is 0 Å². The summed E-state index contributed by atoms with van der Waals surface area (Å²) in [5, 5.41) is 26.4. The molecule has 6 rings (SSSR count). The number of carbonyl (C=O) groups is 2. The van der Waals surface area contributed by atoms with Crippen molar-refractivity contribution in [2.24, 2.45) is 0 Å². The molecule has 0 unspecified atom stereocenters. The van der Waals surface area contributed by atoms with Crippen molar-refractivity contribution in [1.29, 1.82) is 0 Å². The van der Waals surface area contributed by atoms with Gasteiger partial charge in [-0.3, -0.25) is 9.59 Å². The van der Waals surface area contributed by atoms with Crippen molar-refractivity contribution in [2.45, 2.75) is 26.2 Å². The Kier molecular flexibility index (Phi) is 10.5. The largest absolute Gasteiger partial charge is 0.506 e. The summed E-state index contributed by atoms with van der Waals surface area (Å²) in [6.45, 7) is 1.65. The molecular formula is C32H34N6O8S2. The summed E-state index contributed by atoms with van der Waals surface area (Å²) in [6.07, 6.45) is 0. The lowest BCUT2D eigenvalue weighted by atomic mass is 10.1. The van der Waals surface area contributed by atoms with Gasteiger partial charge in [0.05, 0.1) is 11.4 Å². The maximum Gasteiger partial charge on any atom is 0.326 e. The smallest absolute Gasteiger partial charge is 0.326 e. The van der Waals surface area contributed by atoms with Gasteiger partial charge >= 0.3 is 20.4 Å². The highest BCUT2D eigenvalue weighted by molar-refractivity contribution is 7.92. The second kappa shape index (κ2) is 14.7. The van der Waals surface area contributed by atoms with Crippen molar-refractivity contribution in [2.75, 3.05) is 21.7 Å². The van der Waals surface area contributed by atoms with Crippen molar-refractivity contribution < 1.29 is 36.6 Å². The highest BCUT2D eigenvalue weighted by Gasteiger charge is 2.36. The van der Waals surface area contributed by atoms with E-state index in [2.05, 4.69) is 10.6 Å². The molecule has 252 valence electrons. The van der Waals surface area contributed by atoms with Crippen LogP contribution >= 0.6 is 0 Å². The summed E-state index contributed by atoms with van der Waals surface area (Å²) in [5.74, 6) is -1.63. The van der Waals surface area contributed by atoms with Gasteiger partial charge in [0.1, 0.15) is 24.6 Å². The topological polar surface area (TPSA) is 197 Å². The molecule has 2 fully saturated rings. The molecule has 2 aliphatic heterocycles. The molecule has 0 aliphatic carbocycles. The van der Waals surface area contributed by atoms with Crippen LogP contribution in [-0.4, -0.2) is 52.0 Å². The highest BCUT2D eigenvalue weighted by atomic mass is 32.2. The van der Waals surface area contributed by atoms with Gasteiger partial charge in [-0.1, -0.05) is 72.8 Å². The lowest BCUT2D eigenvalue weighted by Crippen LogP contribution is -2.29. The standard InChI is InChI=1S/2C16H17N3O4S/c2*20-15-7-6-13(10-17-9-12-4-2-1-3-5-12)8-14(15)19-11-16(21)18-24(19,22)23/h2*1-8,17,20H,9-11H2,(H,18,21). The van der Waals surface area contributed by atoms with Gasteiger partial charge in [-0.15, -0.1) is 0 Å². The van der Waals surface area contributed by atoms with Crippen LogP contribution in [0.2, 0.25) is 0 Å². The van der Waals surface area contributed by atoms with E-state index < -0.39 is 32.2 Å². The molecule has 2 aliphatic rings. The fourth-order valence-corrected chi connectivity index (χ4v) is 7.28. The number of phenols is 2. The number of aromatic hydroxyl groups is 2. The Balaban J connectivity index is 0.000000188. The van der Waals surface area contributed by atoms with Gasteiger partial charge in [0.2, 0.25) is 0 Å². The Morgan fingerprint density at radius 1 is 0.542 bits per heavy atom. The van der Waals surface area contributed by atoms with Crippen LogP contribution in [0, 0.1) is 0 Å². The predicted octanol–water partition coefficient (Wildman–Crippen LogP) is 1.73. The first kappa shape index (κ1) is 34.2. The first-order chi connectivity index (χ1) is 22.9. The number of nitrogens with one attached hydrogen (secondary N) is 4. The van der Waals surface area contributed by atoms with E-state index in [4.69, 9.17) is 0 Å². The molecule has 16 heteroatoms. The molecular weight excluding hydrogens is 661 g/mol. The van der Waals surface area contributed by atoms with Crippen molar-refractivity contribution in [1.82, 2.24) is 20.1 Å². The molecule has 0 atom stereocenters. The monoisotopic (exact) mass is 694 g/mol. The molecule has 0 saturated carbocycles. The maximum absolute atomic E-state index is 11.9. The number of benzene rings is 4. The zero-order chi connectivity index (χ0) is 34.3. The molecule has 0 spiro atoms. The Labute approximate surface area is 278 Å². The van der Waals surface area contributed by atoms with Crippen LogP contribution in [0.25, 0.3) is 0 Å². The molecule has 2 heterocycles. The van der Waals surface area contributed by atoms with Gasteiger partial charge in [0.25, 0.3) is 11.8 Å². The highest BCUT2D eigenvalue weighted by Crippen LogP contribution is 2.32. The summed E-state index contributed by atoms with van der Waals surface area (Å²) in [6, 6.07) is 29.1. The summed E-state index contributed by atoms with van der Waals surface area (Å²) in [5.41, 5.74) is 4.04. The van der Waals surface area contributed by atoms with Crippen molar-refractivity contribution in [3.8, 4) is 11.5 Å². The number of hydrogen-bond acceptors (Lipinski definition) is 10. The summed E-state index contributed by atoms with van der Waals surface area (Å²) in [4.78, 5) is 22.7. The second-order valence-electron chi connectivity index (χ2n) is 10.9. The minimum Gasteiger partial charge on any atom is -0.506 e. The van der Waals surface area contributed by atoms with E-state index in [0.29, 0.717) is 26.2 Å². The molecule has 0 aromatic heterocycles. The number of phenolic OH excluding ortho intramolecular Hbond substituents is 2. The number of anilines is 2. The van der Waals surface area contributed by atoms with Gasteiger partial charge in [-0.25, -0.2) is 18.1 Å². The number of amides is 2. The maximum atomic E-state index is 11.9. The van der Waals surface area contributed by atoms with E-state index >= 15 is 0 Å². The van der Waals surface area contributed by atoms with E-state index in [0.717, 1.165) is 30.9 Å². The zero-order valence-electron chi connectivity index (χ0n) is 25.5. The Bertz CT molecular complexity index is 1850. The van der Waals surface area contributed by atoms with Crippen LogP contribution in [0.5, 0.6) is 11.5 Å². The lowest BCUT2D eigenvalue weighted by molar-refractivity contribution is -0.118. The van der Waals surface area contributed by atoms with Crippen LogP contribution in [0.3, 0.4) is 0 Å². The first-order valence-corrected chi connectivity index (χ1v) is 17.6. The van der Waals surface area contributed by atoms with E-state index in [1.165, 1.54) is 12.1 Å². The molecule has 2 saturated heterocycles. The molecule has 0 radical (unpaired) electrons. The predicted molar refractivity (Wildman–Crippen MR) is 179 cm³/mol. The third-order valence-electron chi connectivity index (χ3n) is 7.26. The molecule has 48 heavy (non-hydrogen) atoms. The third-order valence-corrected chi connectivity index (χ3v) is 10.0. The minimum atomic E-state index is -3.94. The van der Waals surface area contributed by atoms with E-state index in [9.17, 15) is 36.6 Å². The van der Waals surface area contributed by atoms with Crippen LogP contribution in [0.1, 0.15) is 22.3 Å². The average Bonchev–Trinajstić information content (AvgIpc) is 3.50. The quantitative estimate of drug-likeness (QED) is 0.142. The van der Waals surface area contributed by atoms with Gasteiger partial charge in [-0.05, 0) is 46.5 Å². The van der Waals surface area contributed by atoms with Gasteiger partial charge in [0.15, 0.2) is 0 Å². The van der Waals surface area contributed by atoms with E-state index in [1.54, 1.807) is 24.3 Å². The molecule has 2 amide bonds. The van der Waals surface area contributed by atoms with Crippen LogP contribution < -0.4 is 28.7 Å². The fraction of sp³-hybridized carbons (Fsp3) is 0.188. The first-order valence-electron chi connectivity index (χ1n) is 14.7. The number of rotatable bonds is 10. The molecule has 6 N–H and O–H groups in total. The number of nitrogens with zero attached hydrogens (tertiary/aromatic N) is 2. The normalized spacial score (nSPS) is 16.2. The van der Waals surface area contributed by atoms with Gasteiger partial charge in [0, 0.05) is 26.2 Å². The summed E-state index contributed by atoms with van der Waals surface area (Å²) < 4.78 is 53.1. The van der Waals surface area contributed by atoms with E-state index in [1.807, 2.05) is 70.1 Å². The second-order valence-corrected chi connectivity index (χ2v) is 14.1. The van der Waals surface area contributed by atoms with E-state index in [-0.39, 0.29) is 36.0 Å². The minimum absolute atomic E-state index is 0.0901. The number of carbonyl (C=O) groups excluding carboxylic acids is 2. The SMILES string of the molecule is O=C1CN(c2cc(CNCc3ccccc3)ccc2O)S(=O)(=O)N1.O=C1CN(c2cc(CNCc3ccccc3)ccc2O)S(=O)(=O)N1. The third kappa shape index (κ3) is 8.60. The number of hydrogen-bond donors (Lipinski definition) is 6. The lowest BCUT2D eigenvalue weighted by Gasteiger charge is -2.17. The van der Waals surface area contributed by atoms with Gasteiger partial charge < -0.3 is 20.8 Å². The molecule has 4 aromatic rings. The average molecular weight is 695 g/mol. The Hall–Kier alpha value is -5.16. The summed E-state index contributed by atoms with van der Waals surface area (Å²) >= 11 is 0. The Morgan fingerprint density at radius 2 is 0.896 bits per heavy atom. The fourth-order valence-electron chi connectivity index (χ4n) is 4.97. The molecule has 14 nitrogen and oxygen atoms in total. The van der Waals surface area contributed by atoms with Gasteiger partial charge in [-0.2, -0.15) is 16.8 Å². The zero-order valence-corrected chi connectivity index (χ0v) is 27.2. The van der Waals surface area contributed by atoms with Crippen LogP contribution in [0.4, 0.5) is 11.4 Å². The molecule has 0 bridgehead atoms. The van der Waals surface area contributed by atoms with Crippen LogP contribution in [0.15, 0.2) is 97.1 Å². The summed E-state index contributed by atoms with van der Waals surface area (Å²) in [7, 11) is -7.88. The van der Waals surface area contributed by atoms with Crippen molar-refractivity contribution >= 4 is 43.6 Å².